The molecule has 1 aromatic heterocycles. The number of rotatable bonds is 5. The summed E-state index contributed by atoms with van der Waals surface area (Å²) in [5.74, 6) is 0.784. The number of hydrogen-bond donors (Lipinski definition) is 0. The molecule has 0 unspecified atom stereocenters. The maximum atomic E-state index is 13.3. The van der Waals surface area contributed by atoms with Crippen molar-refractivity contribution in [1.82, 2.24) is 4.90 Å². The molecule has 4 rings (SSSR count). The maximum absolute atomic E-state index is 13.3. The van der Waals surface area contributed by atoms with Gasteiger partial charge >= 0.3 is 0 Å². The van der Waals surface area contributed by atoms with Gasteiger partial charge in [0.25, 0.3) is 5.91 Å². The Bertz CT molecular complexity index is 1230. The standard InChI is InChI=1S/C22H23NO6S/c1-27-19-10-14-8-9-23(12-15(14)11-20(19)28-2)22(24)21-17(13-30(3,25)26)16-6-4-5-7-18(16)29-21/h4-7,10-11H,8-9,12-13H2,1-3H3. The summed E-state index contributed by atoms with van der Waals surface area (Å²) in [7, 11) is -0.189. The molecule has 8 heteroatoms. The molecule has 1 amide bonds. The Labute approximate surface area is 175 Å². The normalized spacial score (nSPS) is 13.9. The first-order valence-electron chi connectivity index (χ1n) is 9.52. The smallest absolute Gasteiger partial charge is 0.290 e. The van der Waals surface area contributed by atoms with Crippen molar-refractivity contribution >= 4 is 26.7 Å². The van der Waals surface area contributed by atoms with E-state index in [0.29, 0.717) is 47.5 Å². The highest BCUT2D eigenvalue weighted by Gasteiger charge is 2.29. The van der Waals surface area contributed by atoms with Crippen LogP contribution in [0, 0.1) is 0 Å². The van der Waals surface area contributed by atoms with Crippen molar-refractivity contribution < 1.29 is 27.1 Å². The molecular weight excluding hydrogens is 406 g/mol. The van der Waals surface area contributed by atoms with E-state index in [9.17, 15) is 13.2 Å². The number of amides is 1. The number of para-hydroxylation sites is 1. The molecule has 0 radical (unpaired) electrons. The fraction of sp³-hybridized carbons (Fsp3) is 0.318. The van der Waals surface area contributed by atoms with E-state index < -0.39 is 9.84 Å². The van der Waals surface area contributed by atoms with E-state index in [-0.39, 0.29) is 17.4 Å². The molecule has 0 saturated heterocycles. The van der Waals surface area contributed by atoms with Crippen LogP contribution in [0.15, 0.2) is 40.8 Å². The molecule has 7 nitrogen and oxygen atoms in total. The lowest BCUT2D eigenvalue weighted by atomic mass is 9.98. The number of carbonyl (C=O) groups excluding carboxylic acids is 1. The van der Waals surface area contributed by atoms with E-state index in [4.69, 9.17) is 13.9 Å². The van der Waals surface area contributed by atoms with Crippen LogP contribution in [0.5, 0.6) is 11.5 Å². The molecule has 0 N–H and O–H groups in total. The fourth-order valence-corrected chi connectivity index (χ4v) is 4.69. The van der Waals surface area contributed by atoms with Gasteiger partial charge in [0.15, 0.2) is 27.1 Å². The van der Waals surface area contributed by atoms with Crippen molar-refractivity contribution in [1.29, 1.82) is 0 Å². The first-order valence-corrected chi connectivity index (χ1v) is 11.6. The zero-order valence-corrected chi connectivity index (χ0v) is 17.9. The molecule has 0 spiro atoms. The molecule has 1 aliphatic heterocycles. The second-order valence-electron chi connectivity index (χ2n) is 7.43. The number of carbonyl (C=O) groups is 1. The predicted molar refractivity (Wildman–Crippen MR) is 113 cm³/mol. The van der Waals surface area contributed by atoms with E-state index in [1.807, 2.05) is 12.1 Å². The van der Waals surface area contributed by atoms with Gasteiger partial charge in [-0.15, -0.1) is 0 Å². The topological polar surface area (TPSA) is 86.1 Å². The van der Waals surface area contributed by atoms with Crippen molar-refractivity contribution in [3.63, 3.8) is 0 Å². The Balaban J connectivity index is 1.71. The molecule has 2 heterocycles. The van der Waals surface area contributed by atoms with Gasteiger partial charge in [-0.05, 0) is 35.7 Å². The molecule has 1 aliphatic rings. The van der Waals surface area contributed by atoms with Gasteiger partial charge in [0.2, 0.25) is 0 Å². The summed E-state index contributed by atoms with van der Waals surface area (Å²) in [6.07, 6.45) is 1.81. The van der Waals surface area contributed by atoms with Gasteiger partial charge in [0.05, 0.1) is 20.0 Å². The molecule has 158 valence electrons. The van der Waals surface area contributed by atoms with Crippen molar-refractivity contribution in [2.24, 2.45) is 0 Å². The number of fused-ring (bicyclic) bond motifs is 2. The van der Waals surface area contributed by atoms with Gasteiger partial charge in [-0.25, -0.2) is 8.42 Å². The summed E-state index contributed by atoms with van der Waals surface area (Å²) in [6, 6.07) is 10.9. The number of benzene rings is 2. The number of hydrogen-bond acceptors (Lipinski definition) is 6. The Kier molecular flexibility index (Phi) is 5.19. The Morgan fingerprint density at radius 2 is 1.77 bits per heavy atom. The minimum atomic E-state index is -3.35. The highest BCUT2D eigenvalue weighted by Crippen LogP contribution is 2.34. The Morgan fingerprint density at radius 3 is 2.43 bits per heavy atom. The van der Waals surface area contributed by atoms with Crippen LogP contribution in [-0.2, 0) is 28.6 Å². The van der Waals surface area contributed by atoms with Gasteiger partial charge in [-0.2, -0.15) is 0 Å². The van der Waals surface area contributed by atoms with E-state index >= 15 is 0 Å². The predicted octanol–water partition coefficient (Wildman–Crippen LogP) is 3.19. The van der Waals surface area contributed by atoms with E-state index in [2.05, 4.69) is 0 Å². The van der Waals surface area contributed by atoms with Crippen LogP contribution in [-0.4, -0.2) is 46.2 Å². The average Bonchev–Trinajstić information content (AvgIpc) is 3.08. The van der Waals surface area contributed by atoms with Gasteiger partial charge in [-0.1, -0.05) is 18.2 Å². The van der Waals surface area contributed by atoms with Gasteiger partial charge in [-0.3, -0.25) is 4.79 Å². The number of furan rings is 1. The largest absolute Gasteiger partial charge is 0.493 e. The monoisotopic (exact) mass is 429 g/mol. The molecule has 0 bridgehead atoms. The lowest BCUT2D eigenvalue weighted by molar-refractivity contribution is 0.0703. The molecule has 2 aromatic carbocycles. The SMILES string of the molecule is COc1cc2c(cc1OC)CN(C(=O)c1oc3ccccc3c1CS(C)(=O)=O)CC2. The molecule has 0 atom stereocenters. The van der Waals surface area contributed by atoms with E-state index in [1.165, 1.54) is 0 Å². The first kappa shape index (κ1) is 20.3. The summed E-state index contributed by atoms with van der Waals surface area (Å²) >= 11 is 0. The molecular formula is C22H23NO6S. The highest BCUT2D eigenvalue weighted by molar-refractivity contribution is 7.89. The van der Waals surface area contributed by atoms with Gasteiger partial charge in [0.1, 0.15) is 5.58 Å². The van der Waals surface area contributed by atoms with Crippen LogP contribution in [0.2, 0.25) is 0 Å². The molecule has 0 fully saturated rings. The minimum Gasteiger partial charge on any atom is -0.493 e. The van der Waals surface area contributed by atoms with Gasteiger partial charge in [0, 0.05) is 30.3 Å². The van der Waals surface area contributed by atoms with Crippen LogP contribution in [0.4, 0.5) is 0 Å². The van der Waals surface area contributed by atoms with Crippen LogP contribution in [0.3, 0.4) is 0 Å². The number of sulfone groups is 1. The molecule has 30 heavy (non-hydrogen) atoms. The second-order valence-corrected chi connectivity index (χ2v) is 9.57. The van der Waals surface area contributed by atoms with Crippen molar-refractivity contribution in [3.8, 4) is 11.5 Å². The molecule has 0 saturated carbocycles. The van der Waals surface area contributed by atoms with Crippen molar-refractivity contribution in [3.05, 3.63) is 58.8 Å². The maximum Gasteiger partial charge on any atom is 0.290 e. The van der Waals surface area contributed by atoms with Crippen LogP contribution < -0.4 is 9.47 Å². The third-order valence-corrected chi connectivity index (χ3v) is 6.12. The quantitative estimate of drug-likeness (QED) is 0.619. The van der Waals surface area contributed by atoms with Crippen LogP contribution in [0.1, 0.15) is 27.2 Å². The number of ether oxygens (including phenoxy) is 2. The Hall–Kier alpha value is -3.00. The van der Waals surface area contributed by atoms with Gasteiger partial charge < -0.3 is 18.8 Å². The zero-order chi connectivity index (χ0) is 21.5. The van der Waals surface area contributed by atoms with Crippen molar-refractivity contribution in [2.75, 3.05) is 27.0 Å². The number of nitrogens with zero attached hydrogens (tertiary/aromatic N) is 1. The van der Waals surface area contributed by atoms with E-state index in [0.717, 1.165) is 17.4 Å². The summed E-state index contributed by atoms with van der Waals surface area (Å²) in [4.78, 5) is 15.0. The molecule has 0 aliphatic carbocycles. The summed E-state index contributed by atoms with van der Waals surface area (Å²) in [5.41, 5.74) is 2.98. The summed E-state index contributed by atoms with van der Waals surface area (Å²) in [6.45, 7) is 0.876. The van der Waals surface area contributed by atoms with Crippen LogP contribution in [0.25, 0.3) is 11.0 Å². The highest BCUT2D eigenvalue weighted by atomic mass is 32.2. The third kappa shape index (κ3) is 3.75. The second kappa shape index (κ2) is 7.68. The fourth-order valence-electron chi connectivity index (χ4n) is 3.88. The van der Waals surface area contributed by atoms with E-state index in [1.54, 1.807) is 43.4 Å². The minimum absolute atomic E-state index is 0.0885. The first-order chi connectivity index (χ1) is 14.3. The zero-order valence-electron chi connectivity index (χ0n) is 17.1. The molecule has 3 aromatic rings. The third-order valence-electron chi connectivity index (χ3n) is 5.30. The average molecular weight is 429 g/mol. The van der Waals surface area contributed by atoms with Crippen LogP contribution >= 0.6 is 0 Å². The lowest BCUT2D eigenvalue weighted by Gasteiger charge is -2.29. The Morgan fingerprint density at radius 1 is 1.10 bits per heavy atom. The summed E-state index contributed by atoms with van der Waals surface area (Å²) in [5, 5.41) is 0.648. The van der Waals surface area contributed by atoms with Crippen molar-refractivity contribution in [2.45, 2.75) is 18.7 Å². The summed E-state index contributed by atoms with van der Waals surface area (Å²) < 4.78 is 40.6. The number of methoxy groups -OCH3 is 2. The lowest BCUT2D eigenvalue weighted by Crippen LogP contribution is -2.36.